The molecule has 0 fully saturated rings. The standard InChI is InChI=1S/C12H14N2O/c1-13-8-5-6-11(10-13)15-12-7-3-4-9-14(12)2/h3-10H,1-2H3/q+2. The number of rotatable bonds is 2. The number of hydrogen-bond donors (Lipinski definition) is 0. The molecule has 0 atom stereocenters. The van der Waals surface area contributed by atoms with Crippen LogP contribution in [0, 0.1) is 0 Å². The van der Waals surface area contributed by atoms with Gasteiger partial charge in [0, 0.05) is 12.1 Å². The third-order valence-corrected chi connectivity index (χ3v) is 2.14. The summed E-state index contributed by atoms with van der Waals surface area (Å²) in [5.41, 5.74) is 0. The summed E-state index contributed by atoms with van der Waals surface area (Å²) in [7, 11) is 3.93. The SMILES string of the molecule is C[n+]1cccc(Oc2cccc[n+]2C)c1. The van der Waals surface area contributed by atoms with Crippen LogP contribution in [0.5, 0.6) is 11.6 Å². The Hall–Kier alpha value is -1.90. The third kappa shape index (κ3) is 2.31. The van der Waals surface area contributed by atoms with Gasteiger partial charge in [-0.1, -0.05) is 0 Å². The first-order chi connectivity index (χ1) is 7.25. The predicted octanol–water partition coefficient (Wildman–Crippen LogP) is 1.13. The molecule has 0 aliphatic carbocycles. The van der Waals surface area contributed by atoms with E-state index in [1.165, 1.54) is 0 Å². The first-order valence-electron chi connectivity index (χ1n) is 4.83. The zero-order valence-corrected chi connectivity index (χ0v) is 8.92. The van der Waals surface area contributed by atoms with Crippen molar-refractivity contribution in [2.75, 3.05) is 0 Å². The van der Waals surface area contributed by atoms with Crippen LogP contribution < -0.4 is 13.9 Å². The summed E-state index contributed by atoms with van der Waals surface area (Å²) in [6.07, 6.45) is 5.86. The molecule has 3 nitrogen and oxygen atoms in total. The molecule has 76 valence electrons. The topological polar surface area (TPSA) is 17.0 Å². The predicted molar refractivity (Wildman–Crippen MR) is 55.3 cm³/mol. The lowest BCUT2D eigenvalue weighted by molar-refractivity contribution is -0.678. The van der Waals surface area contributed by atoms with Crippen molar-refractivity contribution in [3.05, 3.63) is 48.9 Å². The lowest BCUT2D eigenvalue weighted by atomic mass is 10.4. The summed E-state index contributed by atoms with van der Waals surface area (Å²) in [5, 5.41) is 0. The molecule has 0 aromatic carbocycles. The second-order valence-electron chi connectivity index (χ2n) is 3.46. The third-order valence-electron chi connectivity index (χ3n) is 2.14. The maximum atomic E-state index is 5.73. The van der Waals surface area contributed by atoms with E-state index >= 15 is 0 Å². The molecule has 0 unspecified atom stereocenters. The first kappa shape index (κ1) is 9.65. The van der Waals surface area contributed by atoms with Crippen LogP contribution >= 0.6 is 0 Å². The van der Waals surface area contributed by atoms with Crippen molar-refractivity contribution in [1.29, 1.82) is 0 Å². The fourth-order valence-corrected chi connectivity index (χ4v) is 1.36. The molecule has 0 spiro atoms. The summed E-state index contributed by atoms with van der Waals surface area (Å²) >= 11 is 0. The van der Waals surface area contributed by atoms with E-state index in [1.807, 2.05) is 72.2 Å². The van der Waals surface area contributed by atoms with Crippen molar-refractivity contribution in [2.45, 2.75) is 0 Å². The molecule has 2 rings (SSSR count). The maximum Gasteiger partial charge on any atom is 0.373 e. The Morgan fingerprint density at radius 2 is 1.87 bits per heavy atom. The number of aryl methyl sites for hydroxylation is 2. The second-order valence-corrected chi connectivity index (χ2v) is 3.46. The number of pyridine rings is 2. The summed E-state index contributed by atoms with van der Waals surface area (Å²) in [4.78, 5) is 0. The van der Waals surface area contributed by atoms with Gasteiger partial charge in [-0.2, -0.15) is 4.57 Å². The van der Waals surface area contributed by atoms with E-state index in [0.29, 0.717) is 0 Å². The fourth-order valence-electron chi connectivity index (χ4n) is 1.36. The number of aromatic nitrogens is 2. The van der Waals surface area contributed by atoms with Gasteiger partial charge >= 0.3 is 5.88 Å². The smallest absolute Gasteiger partial charge is 0.373 e. The lowest BCUT2D eigenvalue weighted by Gasteiger charge is -2.00. The maximum absolute atomic E-state index is 5.73. The van der Waals surface area contributed by atoms with Crippen LogP contribution in [0.2, 0.25) is 0 Å². The molecule has 2 heterocycles. The Morgan fingerprint density at radius 1 is 1.00 bits per heavy atom. The van der Waals surface area contributed by atoms with Gasteiger partial charge in [-0.15, -0.1) is 0 Å². The highest BCUT2D eigenvalue weighted by Crippen LogP contribution is 2.14. The van der Waals surface area contributed by atoms with Crippen molar-refractivity contribution in [3.63, 3.8) is 0 Å². The van der Waals surface area contributed by atoms with E-state index < -0.39 is 0 Å². The monoisotopic (exact) mass is 202 g/mol. The van der Waals surface area contributed by atoms with Crippen LogP contribution in [0.15, 0.2) is 48.9 Å². The molecule has 0 aliphatic heterocycles. The zero-order valence-electron chi connectivity index (χ0n) is 8.92. The molecule has 0 saturated heterocycles. The van der Waals surface area contributed by atoms with E-state index in [1.54, 1.807) is 0 Å². The van der Waals surface area contributed by atoms with Gasteiger partial charge in [-0.25, -0.2) is 4.57 Å². The fraction of sp³-hybridized carbons (Fsp3) is 0.167. The second kappa shape index (κ2) is 4.09. The van der Waals surface area contributed by atoms with E-state index in [9.17, 15) is 0 Å². The average Bonchev–Trinajstić information content (AvgIpc) is 2.22. The average molecular weight is 202 g/mol. The Morgan fingerprint density at radius 3 is 2.60 bits per heavy atom. The lowest BCUT2D eigenvalue weighted by Crippen LogP contribution is -2.30. The van der Waals surface area contributed by atoms with Gasteiger partial charge in [0.15, 0.2) is 18.1 Å². The van der Waals surface area contributed by atoms with E-state index in [4.69, 9.17) is 4.74 Å². The molecular formula is C12H14N2O+2. The van der Waals surface area contributed by atoms with Crippen molar-refractivity contribution in [2.24, 2.45) is 14.1 Å². The molecule has 15 heavy (non-hydrogen) atoms. The van der Waals surface area contributed by atoms with Crippen LogP contribution in [0.1, 0.15) is 0 Å². The van der Waals surface area contributed by atoms with Gasteiger partial charge in [-0.3, -0.25) is 0 Å². The summed E-state index contributed by atoms with van der Waals surface area (Å²) in [6.45, 7) is 0. The van der Waals surface area contributed by atoms with Gasteiger partial charge in [0.2, 0.25) is 6.20 Å². The van der Waals surface area contributed by atoms with Crippen molar-refractivity contribution in [1.82, 2.24) is 0 Å². The highest BCUT2D eigenvalue weighted by atomic mass is 16.5. The van der Waals surface area contributed by atoms with Gasteiger partial charge in [0.05, 0.1) is 6.07 Å². The van der Waals surface area contributed by atoms with Crippen molar-refractivity contribution in [3.8, 4) is 11.6 Å². The van der Waals surface area contributed by atoms with Crippen LogP contribution in [0.4, 0.5) is 0 Å². The first-order valence-corrected chi connectivity index (χ1v) is 4.83. The van der Waals surface area contributed by atoms with Crippen molar-refractivity contribution < 1.29 is 13.9 Å². The zero-order chi connectivity index (χ0) is 10.7. The minimum atomic E-state index is 0.823. The van der Waals surface area contributed by atoms with E-state index in [0.717, 1.165) is 11.6 Å². The Balaban J connectivity index is 2.26. The minimum Gasteiger partial charge on any atom is -0.399 e. The quantitative estimate of drug-likeness (QED) is 0.667. The summed E-state index contributed by atoms with van der Waals surface area (Å²) in [5.74, 6) is 1.66. The number of hydrogen-bond acceptors (Lipinski definition) is 1. The van der Waals surface area contributed by atoms with E-state index in [-0.39, 0.29) is 0 Å². The van der Waals surface area contributed by atoms with Crippen LogP contribution in [-0.4, -0.2) is 0 Å². The Bertz CT molecular complexity index is 469. The molecule has 0 amide bonds. The molecule has 0 bridgehead atoms. The van der Waals surface area contributed by atoms with Crippen LogP contribution in [0.3, 0.4) is 0 Å². The normalized spacial score (nSPS) is 10.0. The molecule has 0 saturated carbocycles. The van der Waals surface area contributed by atoms with Crippen LogP contribution in [0.25, 0.3) is 0 Å². The number of ether oxygens (including phenoxy) is 1. The highest BCUT2D eigenvalue weighted by molar-refractivity contribution is 5.18. The molecule has 0 radical (unpaired) electrons. The van der Waals surface area contributed by atoms with Crippen LogP contribution in [-0.2, 0) is 14.1 Å². The highest BCUT2D eigenvalue weighted by Gasteiger charge is 2.08. The summed E-state index contributed by atoms with van der Waals surface area (Å²) < 4.78 is 9.63. The van der Waals surface area contributed by atoms with Gasteiger partial charge in [0.25, 0.3) is 0 Å². The molecule has 0 aliphatic rings. The molecule has 3 heteroatoms. The van der Waals surface area contributed by atoms with Gasteiger partial charge < -0.3 is 4.74 Å². The van der Waals surface area contributed by atoms with Gasteiger partial charge in [0.1, 0.15) is 14.1 Å². The Labute approximate surface area is 89.2 Å². The summed E-state index contributed by atoms with van der Waals surface area (Å²) in [6, 6.07) is 9.76. The molecule has 2 aromatic rings. The van der Waals surface area contributed by atoms with Crippen molar-refractivity contribution >= 4 is 0 Å². The largest absolute Gasteiger partial charge is 0.399 e. The Kier molecular flexibility index (Phi) is 2.63. The molecular weight excluding hydrogens is 188 g/mol. The van der Waals surface area contributed by atoms with E-state index in [2.05, 4.69) is 0 Å². The van der Waals surface area contributed by atoms with Gasteiger partial charge in [-0.05, 0) is 12.1 Å². The molecule has 0 N–H and O–H groups in total. The molecule has 2 aromatic heterocycles. The minimum absolute atomic E-state index is 0.823. The number of nitrogens with zero attached hydrogens (tertiary/aromatic N) is 2.